The van der Waals surface area contributed by atoms with E-state index in [0.717, 1.165) is 15.7 Å². The molecule has 12 heteroatoms. The average Bonchev–Trinajstić information content (AvgIpc) is 3.30. The first-order valence-electron chi connectivity index (χ1n) is 8.14. The quantitative estimate of drug-likeness (QED) is 0.392. The molecule has 3 rings (SSSR count). The number of hydrogen-bond donors (Lipinski definition) is 2. The molecule has 2 aromatic heterocycles. The van der Waals surface area contributed by atoms with Crippen LogP contribution in [0.1, 0.15) is 22.8 Å². The first-order chi connectivity index (χ1) is 13.5. The van der Waals surface area contributed by atoms with Gasteiger partial charge in [-0.2, -0.15) is 0 Å². The molecule has 0 fully saturated rings. The number of thioether (sulfide) groups is 2. The molecule has 0 atom stereocenters. The lowest BCUT2D eigenvalue weighted by atomic mass is 10.1. The fourth-order valence-corrected chi connectivity index (χ4v) is 5.25. The minimum absolute atomic E-state index is 0.163. The second kappa shape index (κ2) is 9.96. The van der Waals surface area contributed by atoms with E-state index < -0.39 is 0 Å². The Bertz CT molecular complexity index is 973. The molecule has 2 heterocycles. The summed E-state index contributed by atoms with van der Waals surface area (Å²) in [5.74, 6) is 0.629. The van der Waals surface area contributed by atoms with Crippen LogP contribution in [0.15, 0.2) is 32.9 Å². The maximum absolute atomic E-state index is 12.3. The van der Waals surface area contributed by atoms with Gasteiger partial charge in [-0.15, -0.1) is 20.4 Å². The van der Waals surface area contributed by atoms with Crippen LogP contribution in [0.3, 0.4) is 0 Å². The van der Waals surface area contributed by atoms with E-state index in [-0.39, 0.29) is 17.6 Å². The molecule has 2 N–H and O–H groups in total. The van der Waals surface area contributed by atoms with Crippen LogP contribution in [-0.4, -0.2) is 43.7 Å². The van der Waals surface area contributed by atoms with Crippen LogP contribution in [0.2, 0.25) is 0 Å². The van der Waals surface area contributed by atoms with Crippen molar-refractivity contribution < 1.29 is 9.59 Å². The molecule has 8 nitrogen and oxygen atoms in total. The summed E-state index contributed by atoms with van der Waals surface area (Å²) in [5.41, 5.74) is 1.47. The summed E-state index contributed by atoms with van der Waals surface area (Å²) in [6.45, 7) is 3.90. The molecule has 146 valence electrons. The summed E-state index contributed by atoms with van der Waals surface area (Å²) in [5, 5.41) is 22.2. The highest BCUT2D eigenvalue weighted by Crippen LogP contribution is 2.27. The molecule has 0 unspecified atom stereocenters. The van der Waals surface area contributed by atoms with E-state index in [0.29, 0.717) is 20.2 Å². The largest absolute Gasteiger partial charge is 0.300 e. The standard InChI is InChI=1S/C16H16N6O2S4/c1-3-25-15-21-19-13(27-15)17-11(23)8-26-16-22-20-14(28-16)18-12(24)10-7-5-4-6-9(10)2/h4-7H,3,8H2,1-2H3,(H,17,19,23)(H,18,20,24). The van der Waals surface area contributed by atoms with Gasteiger partial charge in [-0.25, -0.2) is 0 Å². The molecular weight excluding hydrogens is 436 g/mol. The molecule has 0 aliphatic heterocycles. The predicted molar refractivity (Wildman–Crippen MR) is 115 cm³/mol. The monoisotopic (exact) mass is 452 g/mol. The molecule has 0 saturated carbocycles. The highest BCUT2D eigenvalue weighted by atomic mass is 32.2. The number of amides is 2. The van der Waals surface area contributed by atoms with E-state index in [4.69, 9.17) is 0 Å². The van der Waals surface area contributed by atoms with Gasteiger partial charge in [0.15, 0.2) is 8.68 Å². The second-order valence-electron chi connectivity index (χ2n) is 5.29. The molecule has 0 aliphatic carbocycles. The number of nitrogens with zero attached hydrogens (tertiary/aromatic N) is 4. The third kappa shape index (κ3) is 5.74. The SMILES string of the molecule is CCSc1nnc(NC(=O)CSc2nnc(NC(=O)c3ccccc3C)s2)s1. The number of anilines is 2. The fraction of sp³-hybridized carbons (Fsp3) is 0.250. The normalized spacial score (nSPS) is 10.6. The Balaban J connectivity index is 1.49. The van der Waals surface area contributed by atoms with Crippen LogP contribution >= 0.6 is 46.2 Å². The average molecular weight is 453 g/mol. The number of carbonyl (C=O) groups is 2. The van der Waals surface area contributed by atoms with Crippen LogP contribution in [0, 0.1) is 6.92 Å². The van der Waals surface area contributed by atoms with E-state index in [1.165, 1.54) is 34.4 Å². The van der Waals surface area contributed by atoms with Crippen LogP contribution < -0.4 is 10.6 Å². The molecule has 0 radical (unpaired) electrons. The molecule has 2 amide bonds. The summed E-state index contributed by atoms with van der Waals surface area (Å²) in [7, 11) is 0. The highest BCUT2D eigenvalue weighted by molar-refractivity contribution is 8.01. The lowest BCUT2D eigenvalue weighted by Crippen LogP contribution is -2.13. The van der Waals surface area contributed by atoms with Crippen molar-refractivity contribution in [1.82, 2.24) is 20.4 Å². The van der Waals surface area contributed by atoms with E-state index in [2.05, 4.69) is 31.0 Å². The van der Waals surface area contributed by atoms with Crippen molar-refractivity contribution in [2.45, 2.75) is 22.5 Å². The number of rotatable bonds is 8. The topological polar surface area (TPSA) is 110 Å². The maximum atomic E-state index is 12.3. The van der Waals surface area contributed by atoms with E-state index >= 15 is 0 Å². The molecule has 1 aromatic carbocycles. The third-order valence-corrected chi connectivity index (χ3v) is 7.09. The number of aromatic nitrogens is 4. The van der Waals surface area contributed by atoms with Crippen molar-refractivity contribution in [2.75, 3.05) is 22.1 Å². The Hall–Kier alpha value is -2.02. The lowest BCUT2D eigenvalue weighted by Gasteiger charge is -2.03. The fourth-order valence-electron chi connectivity index (χ4n) is 2.04. The Kier molecular flexibility index (Phi) is 7.36. The van der Waals surface area contributed by atoms with Crippen molar-refractivity contribution in [2.24, 2.45) is 0 Å². The first-order valence-corrected chi connectivity index (χ1v) is 11.7. The number of carbonyl (C=O) groups excluding carboxylic acids is 2. The Morgan fingerprint density at radius 1 is 0.964 bits per heavy atom. The number of benzene rings is 1. The van der Waals surface area contributed by atoms with Gasteiger partial charge in [0.05, 0.1) is 5.75 Å². The van der Waals surface area contributed by atoms with Gasteiger partial charge < -0.3 is 0 Å². The van der Waals surface area contributed by atoms with Crippen molar-refractivity contribution in [3.63, 3.8) is 0 Å². The molecule has 0 aliphatic rings. The maximum Gasteiger partial charge on any atom is 0.257 e. The smallest absolute Gasteiger partial charge is 0.257 e. The Labute approximate surface area is 178 Å². The Morgan fingerprint density at radius 3 is 2.29 bits per heavy atom. The molecule has 28 heavy (non-hydrogen) atoms. The van der Waals surface area contributed by atoms with Gasteiger partial charge in [-0.05, 0) is 24.3 Å². The highest BCUT2D eigenvalue weighted by Gasteiger charge is 2.14. The van der Waals surface area contributed by atoms with E-state index in [1.54, 1.807) is 17.8 Å². The number of hydrogen-bond acceptors (Lipinski definition) is 10. The minimum atomic E-state index is -0.236. The summed E-state index contributed by atoms with van der Waals surface area (Å²) < 4.78 is 1.42. The van der Waals surface area contributed by atoms with Crippen LogP contribution in [0.5, 0.6) is 0 Å². The Morgan fingerprint density at radius 2 is 1.61 bits per heavy atom. The lowest BCUT2D eigenvalue weighted by molar-refractivity contribution is -0.113. The second-order valence-corrected chi connectivity index (χ2v) is 9.97. The zero-order valence-electron chi connectivity index (χ0n) is 15.0. The first kappa shape index (κ1) is 20.7. The summed E-state index contributed by atoms with van der Waals surface area (Å²) in [4.78, 5) is 24.4. The van der Waals surface area contributed by atoms with Gasteiger partial charge in [0.25, 0.3) is 5.91 Å². The van der Waals surface area contributed by atoms with Crippen LogP contribution in [-0.2, 0) is 4.79 Å². The zero-order valence-corrected chi connectivity index (χ0v) is 18.2. The van der Waals surface area contributed by atoms with Gasteiger partial charge in [0.2, 0.25) is 16.2 Å². The number of nitrogens with one attached hydrogen (secondary N) is 2. The molecule has 3 aromatic rings. The van der Waals surface area contributed by atoms with Crippen molar-refractivity contribution in [3.8, 4) is 0 Å². The van der Waals surface area contributed by atoms with Gasteiger partial charge in [-0.1, -0.05) is 71.3 Å². The van der Waals surface area contributed by atoms with Crippen molar-refractivity contribution in [1.29, 1.82) is 0 Å². The van der Waals surface area contributed by atoms with Gasteiger partial charge in [0.1, 0.15) is 0 Å². The molecule has 0 spiro atoms. The summed E-state index contributed by atoms with van der Waals surface area (Å²) in [6.07, 6.45) is 0. The van der Waals surface area contributed by atoms with Crippen molar-refractivity contribution in [3.05, 3.63) is 35.4 Å². The van der Waals surface area contributed by atoms with E-state index in [9.17, 15) is 9.59 Å². The van der Waals surface area contributed by atoms with Gasteiger partial charge >= 0.3 is 0 Å². The summed E-state index contributed by atoms with van der Waals surface area (Å²) >= 11 is 5.39. The van der Waals surface area contributed by atoms with Gasteiger partial charge in [0, 0.05) is 5.56 Å². The molecular formula is C16H16N6O2S4. The predicted octanol–water partition coefficient (Wildman–Crippen LogP) is 3.79. The van der Waals surface area contributed by atoms with Gasteiger partial charge in [-0.3, -0.25) is 20.2 Å². The third-order valence-electron chi connectivity index (χ3n) is 3.26. The minimum Gasteiger partial charge on any atom is -0.300 e. The zero-order chi connectivity index (χ0) is 19.9. The summed E-state index contributed by atoms with van der Waals surface area (Å²) in [6, 6.07) is 7.31. The molecule has 0 bridgehead atoms. The van der Waals surface area contributed by atoms with E-state index in [1.807, 2.05) is 32.0 Å². The van der Waals surface area contributed by atoms with Crippen molar-refractivity contribution >= 4 is 68.3 Å². The number of aryl methyl sites for hydroxylation is 1. The van der Waals surface area contributed by atoms with Crippen LogP contribution in [0.25, 0.3) is 0 Å². The van der Waals surface area contributed by atoms with Crippen LogP contribution in [0.4, 0.5) is 10.3 Å². The molecule has 0 saturated heterocycles.